The molecule has 2 N–H and O–H groups in total. The zero-order valence-corrected chi connectivity index (χ0v) is 11.3. The number of methoxy groups -OCH3 is 1. The Labute approximate surface area is 113 Å². The van der Waals surface area contributed by atoms with Crippen LogP contribution >= 0.6 is 0 Å². The summed E-state index contributed by atoms with van der Waals surface area (Å²) in [5, 5.41) is 12.6. The van der Waals surface area contributed by atoms with Crippen LogP contribution in [0.4, 0.5) is 0 Å². The van der Waals surface area contributed by atoms with Gasteiger partial charge < -0.3 is 15.2 Å². The van der Waals surface area contributed by atoms with Crippen molar-refractivity contribution in [3.05, 3.63) is 29.8 Å². The van der Waals surface area contributed by atoms with Gasteiger partial charge in [0, 0.05) is 12.6 Å². The Balaban J connectivity index is 1.94. The molecule has 0 aliphatic heterocycles. The van der Waals surface area contributed by atoms with Crippen LogP contribution in [0.5, 0.6) is 5.75 Å². The summed E-state index contributed by atoms with van der Waals surface area (Å²) in [5.74, 6) is -0.0973. The molecule has 2 rings (SSSR count). The third-order valence-electron chi connectivity index (χ3n) is 3.79. The molecule has 2 atom stereocenters. The van der Waals surface area contributed by atoms with E-state index in [1.165, 1.54) is 0 Å². The fraction of sp³-hybridized carbons (Fsp3) is 0.533. The molecule has 19 heavy (non-hydrogen) atoms. The van der Waals surface area contributed by atoms with Crippen LogP contribution in [-0.4, -0.2) is 24.2 Å². The number of rotatable bonds is 5. The zero-order valence-electron chi connectivity index (χ0n) is 11.3. The highest BCUT2D eigenvalue weighted by Gasteiger charge is 2.30. The molecule has 1 aromatic rings. The fourth-order valence-corrected chi connectivity index (χ4v) is 2.70. The standard InChI is InChI=1S/C15H21NO3/c1-19-12-6-4-5-11(9-12)10-16-14-8-3-2-7-13(14)15(17)18/h4-6,9,13-14,16H,2-3,7-8,10H2,1H3,(H,17,18)/t13-,14+/m1/s1. The largest absolute Gasteiger partial charge is 0.497 e. The molecule has 1 aliphatic rings. The van der Waals surface area contributed by atoms with E-state index in [1.54, 1.807) is 7.11 Å². The predicted octanol–water partition coefficient (Wildman–Crippen LogP) is 2.43. The van der Waals surface area contributed by atoms with Crippen LogP contribution in [0.1, 0.15) is 31.2 Å². The molecule has 0 unspecified atom stereocenters. The van der Waals surface area contributed by atoms with Crippen LogP contribution in [0.25, 0.3) is 0 Å². The van der Waals surface area contributed by atoms with Crippen molar-refractivity contribution < 1.29 is 14.6 Å². The van der Waals surface area contributed by atoms with Gasteiger partial charge in [-0.1, -0.05) is 25.0 Å². The Morgan fingerprint density at radius 3 is 2.95 bits per heavy atom. The molecule has 0 aromatic heterocycles. The SMILES string of the molecule is COc1cccc(CN[C@H]2CCCC[C@H]2C(=O)O)c1. The van der Waals surface area contributed by atoms with Gasteiger partial charge in [-0.25, -0.2) is 0 Å². The number of carboxylic acid groups (broad SMARTS) is 1. The number of aliphatic carboxylic acids is 1. The first kappa shape index (κ1) is 13.9. The van der Waals surface area contributed by atoms with Gasteiger partial charge in [-0.05, 0) is 30.5 Å². The maximum Gasteiger partial charge on any atom is 0.308 e. The van der Waals surface area contributed by atoms with Crippen LogP contribution < -0.4 is 10.1 Å². The second-order valence-electron chi connectivity index (χ2n) is 5.07. The molecule has 0 spiro atoms. The van der Waals surface area contributed by atoms with Gasteiger partial charge in [-0.15, -0.1) is 0 Å². The van der Waals surface area contributed by atoms with E-state index in [1.807, 2.05) is 24.3 Å². The lowest BCUT2D eigenvalue weighted by molar-refractivity contribution is -0.143. The lowest BCUT2D eigenvalue weighted by atomic mass is 9.84. The topological polar surface area (TPSA) is 58.6 Å². The molecular formula is C15H21NO3. The van der Waals surface area contributed by atoms with E-state index in [-0.39, 0.29) is 12.0 Å². The molecule has 1 fully saturated rings. The third kappa shape index (κ3) is 3.70. The number of hydrogen-bond acceptors (Lipinski definition) is 3. The van der Waals surface area contributed by atoms with Crippen molar-refractivity contribution >= 4 is 5.97 Å². The molecule has 0 heterocycles. The molecule has 4 heteroatoms. The minimum absolute atomic E-state index is 0.0810. The van der Waals surface area contributed by atoms with E-state index < -0.39 is 5.97 Å². The number of benzene rings is 1. The Hall–Kier alpha value is -1.55. The van der Waals surface area contributed by atoms with Crippen molar-refractivity contribution in [1.82, 2.24) is 5.32 Å². The Bertz CT molecular complexity index is 433. The lowest BCUT2D eigenvalue weighted by Crippen LogP contribution is -2.41. The number of carboxylic acids is 1. The van der Waals surface area contributed by atoms with Crippen LogP contribution in [-0.2, 0) is 11.3 Å². The van der Waals surface area contributed by atoms with Gasteiger partial charge in [0.05, 0.1) is 13.0 Å². The molecule has 4 nitrogen and oxygen atoms in total. The second kappa shape index (κ2) is 6.57. The van der Waals surface area contributed by atoms with Crippen molar-refractivity contribution in [1.29, 1.82) is 0 Å². The summed E-state index contributed by atoms with van der Waals surface area (Å²) in [6.07, 6.45) is 3.86. The fourth-order valence-electron chi connectivity index (χ4n) is 2.70. The van der Waals surface area contributed by atoms with Crippen LogP contribution in [0.15, 0.2) is 24.3 Å². The van der Waals surface area contributed by atoms with Gasteiger partial charge in [-0.2, -0.15) is 0 Å². The van der Waals surface area contributed by atoms with Crippen molar-refractivity contribution in [3.63, 3.8) is 0 Å². The Kier molecular flexibility index (Phi) is 4.80. The molecule has 0 radical (unpaired) electrons. The van der Waals surface area contributed by atoms with Crippen molar-refractivity contribution in [3.8, 4) is 5.75 Å². The van der Waals surface area contributed by atoms with Gasteiger partial charge in [0.2, 0.25) is 0 Å². The number of carbonyl (C=O) groups is 1. The van der Waals surface area contributed by atoms with Gasteiger partial charge in [-0.3, -0.25) is 4.79 Å². The molecule has 0 saturated heterocycles. The Morgan fingerprint density at radius 2 is 2.21 bits per heavy atom. The number of nitrogens with one attached hydrogen (secondary N) is 1. The van der Waals surface area contributed by atoms with E-state index in [4.69, 9.17) is 4.74 Å². The summed E-state index contributed by atoms with van der Waals surface area (Å²) in [4.78, 5) is 11.2. The maximum absolute atomic E-state index is 11.2. The lowest BCUT2D eigenvalue weighted by Gasteiger charge is -2.29. The highest BCUT2D eigenvalue weighted by molar-refractivity contribution is 5.71. The molecular weight excluding hydrogens is 242 g/mol. The summed E-state index contributed by atoms with van der Waals surface area (Å²) in [6, 6.07) is 7.94. The first-order chi connectivity index (χ1) is 9.20. The van der Waals surface area contributed by atoms with Crippen LogP contribution in [0.2, 0.25) is 0 Å². The van der Waals surface area contributed by atoms with E-state index >= 15 is 0 Å². The minimum atomic E-state index is -0.678. The second-order valence-corrected chi connectivity index (χ2v) is 5.07. The number of ether oxygens (including phenoxy) is 1. The normalized spacial score (nSPS) is 23.0. The van der Waals surface area contributed by atoms with Crippen molar-refractivity contribution in [2.75, 3.05) is 7.11 Å². The molecule has 1 aromatic carbocycles. The van der Waals surface area contributed by atoms with E-state index in [2.05, 4.69) is 5.32 Å². The molecule has 1 saturated carbocycles. The van der Waals surface area contributed by atoms with Crippen LogP contribution in [0, 0.1) is 5.92 Å². The van der Waals surface area contributed by atoms with Crippen LogP contribution in [0.3, 0.4) is 0 Å². The average molecular weight is 263 g/mol. The highest BCUT2D eigenvalue weighted by atomic mass is 16.5. The van der Waals surface area contributed by atoms with Crippen molar-refractivity contribution in [2.45, 2.75) is 38.3 Å². The maximum atomic E-state index is 11.2. The predicted molar refractivity (Wildman–Crippen MR) is 73.2 cm³/mol. The zero-order chi connectivity index (χ0) is 13.7. The summed E-state index contributed by atoms with van der Waals surface area (Å²) >= 11 is 0. The number of hydrogen-bond donors (Lipinski definition) is 2. The van der Waals surface area contributed by atoms with Gasteiger partial charge in [0.15, 0.2) is 0 Å². The first-order valence-electron chi connectivity index (χ1n) is 6.80. The summed E-state index contributed by atoms with van der Waals surface area (Å²) in [6.45, 7) is 0.686. The van der Waals surface area contributed by atoms with E-state index in [0.29, 0.717) is 6.54 Å². The highest BCUT2D eigenvalue weighted by Crippen LogP contribution is 2.25. The van der Waals surface area contributed by atoms with Gasteiger partial charge in [0.25, 0.3) is 0 Å². The molecule has 104 valence electrons. The first-order valence-corrected chi connectivity index (χ1v) is 6.80. The van der Waals surface area contributed by atoms with Crippen molar-refractivity contribution in [2.24, 2.45) is 5.92 Å². The van der Waals surface area contributed by atoms with E-state index in [0.717, 1.165) is 37.0 Å². The summed E-state index contributed by atoms with van der Waals surface area (Å²) < 4.78 is 5.18. The summed E-state index contributed by atoms with van der Waals surface area (Å²) in [5.41, 5.74) is 1.12. The summed E-state index contributed by atoms with van der Waals surface area (Å²) in [7, 11) is 1.65. The molecule has 1 aliphatic carbocycles. The monoisotopic (exact) mass is 263 g/mol. The van der Waals surface area contributed by atoms with E-state index in [9.17, 15) is 9.90 Å². The third-order valence-corrected chi connectivity index (χ3v) is 3.79. The van der Waals surface area contributed by atoms with Gasteiger partial charge >= 0.3 is 5.97 Å². The average Bonchev–Trinajstić information content (AvgIpc) is 2.45. The quantitative estimate of drug-likeness (QED) is 0.856. The van der Waals surface area contributed by atoms with Gasteiger partial charge in [0.1, 0.15) is 5.75 Å². The molecule has 0 amide bonds. The molecule has 0 bridgehead atoms. The smallest absolute Gasteiger partial charge is 0.308 e. The minimum Gasteiger partial charge on any atom is -0.497 e. The Morgan fingerprint density at radius 1 is 1.42 bits per heavy atom.